The van der Waals surface area contributed by atoms with E-state index in [1.165, 1.54) is 0 Å². The Bertz CT molecular complexity index is 307. The minimum absolute atomic E-state index is 0.0612. The van der Waals surface area contributed by atoms with Crippen LogP contribution in [0.25, 0.3) is 0 Å². The molecule has 0 aliphatic heterocycles. The second-order valence-electron chi connectivity index (χ2n) is 3.99. The maximum Gasteiger partial charge on any atom is 0.163 e. The van der Waals surface area contributed by atoms with Crippen LogP contribution in [0.3, 0.4) is 0 Å². The molecule has 0 aromatic heterocycles. The van der Waals surface area contributed by atoms with Crippen LogP contribution < -0.4 is 0 Å². The van der Waals surface area contributed by atoms with Crippen LogP contribution in [0.2, 0.25) is 0 Å². The lowest BCUT2D eigenvalue weighted by Crippen LogP contribution is -2.28. The zero-order chi connectivity index (χ0) is 13.4. The first-order chi connectivity index (χ1) is 8.76. The molecule has 1 aromatic carbocycles. The summed E-state index contributed by atoms with van der Waals surface area (Å²) in [5.74, 6) is 0.0612. The summed E-state index contributed by atoms with van der Waals surface area (Å²) in [5.41, 5.74) is 1.14. The fourth-order valence-electron chi connectivity index (χ4n) is 2.03. The lowest BCUT2D eigenvalue weighted by atomic mass is 9.94. The molecule has 0 saturated carbocycles. The first-order valence-corrected chi connectivity index (χ1v) is 5.92. The van der Waals surface area contributed by atoms with Crippen molar-refractivity contribution in [3.8, 4) is 0 Å². The molecule has 0 heterocycles. The van der Waals surface area contributed by atoms with Gasteiger partial charge in [0.05, 0.1) is 0 Å². The van der Waals surface area contributed by atoms with Gasteiger partial charge in [0.2, 0.25) is 0 Å². The predicted octanol–water partition coefficient (Wildman–Crippen LogP) is 2.40. The molecule has 4 heteroatoms. The molecule has 0 aliphatic rings. The molecule has 1 atom stereocenters. The second kappa shape index (κ2) is 8.21. The fraction of sp³-hybridized carbons (Fsp3) is 0.571. The zero-order valence-corrected chi connectivity index (χ0v) is 11.5. The molecule has 18 heavy (non-hydrogen) atoms. The van der Waals surface area contributed by atoms with E-state index >= 15 is 0 Å². The molecule has 0 amide bonds. The standard InChI is InChI=1S/C14H22O4/c1-15-13(16-2)10-12(14(17-3)18-4)11-8-6-5-7-9-11/h5-9,12-14H,10H2,1-4H3. The first kappa shape index (κ1) is 15.1. The van der Waals surface area contributed by atoms with Gasteiger partial charge in [0, 0.05) is 40.8 Å². The SMILES string of the molecule is COC(CC(c1ccccc1)C(OC)OC)OC. The maximum absolute atomic E-state index is 5.37. The first-order valence-electron chi connectivity index (χ1n) is 5.92. The number of ether oxygens (including phenoxy) is 4. The van der Waals surface area contributed by atoms with Crippen molar-refractivity contribution in [3.05, 3.63) is 35.9 Å². The molecule has 0 N–H and O–H groups in total. The van der Waals surface area contributed by atoms with E-state index in [0.29, 0.717) is 6.42 Å². The lowest BCUT2D eigenvalue weighted by molar-refractivity contribution is -0.153. The molecule has 0 aliphatic carbocycles. The Kier molecular flexibility index (Phi) is 6.90. The molecular formula is C14H22O4. The van der Waals surface area contributed by atoms with Crippen molar-refractivity contribution in [2.45, 2.75) is 24.9 Å². The smallest absolute Gasteiger partial charge is 0.163 e. The van der Waals surface area contributed by atoms with Crippen LogP contribution in [0, 0.1) is 0 Å². The Morgan fingerprint density at radius 1 is 0.833 bits per heavy atom. The molecule has 1 rings (SSSR count). The van der Waals surface area contributed by atoms with E-state index in [1.54, 1.807) is 28.4 Å². The molecule has 4 nitrogen and oxygen atoms in total. The number of methoxy groups -OCH3 is 4. The molecular weight excluding hydrogens is 232 g/mol. The van der Waals surface area contributed by atoms with Gasteiger partial charge < -0.3 is 18.9 Å². The van der Waals surface area contributed by atoms with Gasteiger partial charge in [-0.25, -0.2) is 0 Å². The van der Waals surface area contributed by atoms with Crippen molar-refractivity contribution in [3.63, 3.8) is 0 Å². The molecule has 0 bridgehead atoms. The van der Waals surface area contributed by atoms with Crippen LogP contribution in [0.15, 0.2) is 30.3 Å². The van der Waals surface area contributed by atoms with Crippen LogP contribution in [-0.2, 0) is 18.9 Å². The van der Waals surface area contributed by atoms with Crippen LogP contribution in [0.1, 0.15) is 17.9 Å². The normalized spacial score (nSPS) is 13.2. The van der Waals surface area contributed by atoms with E-state index in [0.717, 1.165) is 5.56 Å². The molecule has 0 radical (unpaired) electrons. The number of rotatable bonds is 8. The summed E-state index contributed by atoms with van der Waals surface area (Å²) in [4.78, 5) is 0. The van der Waals surface area contributed by atoms with E-state index < -0.39 is 0 Å². The van der Waals surface area contributed by atoms with Crippen LogP contribution in [0.5, 0.6) is 0 Å². The van der Waals surface area contributed by atoms with Gasteiger partial charge in [-0.05, 0) is 5.56 Å². The summed E-state index contributed by atoms with van der Waals surface area (Å²) >= 11 is 0. The largest absolute Gasteiger partial charge is 0.356 e. The Balaban J connectivity index is 2.88. The Labute approximate surface area is 109 Å². The van der Waals surface area contributed by atoms with E-state index in [4.69, 9.17) is 18.9 Å². The quantitative estimate of drug-likeness (QED) is 0.668. The number of hydrogen-bond donors (Lipinski definition) is 0. The van der Waals surface area contributed by atoms with Gasteiger partial charge in [-0.2, -0.15) is 0 Å². The molecule has 0 spiro atoms. The minimum Gasteiger partial charge on any atom is -0.356 e. The molecule has 102 valence electrons. The Morgan fingerprint density at radius 2 is 1.39 bits per heavy atom. The molecule has 0 fully saturated rings. The third-order valence-corrected chi connectivity index (χ3v) is 2.99. The van der Waals surface area contributed by atoms with Crippen molar-refractivity contribution in [2.75, 3.05) is 28.4 Å². The van der Waals surface area contributed by atoms with Crippen LogP contribution >= 0.6 is 0 Å². The minimum atomic E-state index is -0.319. The van der Waals surface area contributed by atoms with Crippen LogP contribution in [0.4, 0.5) is 0 Å². The van der Waals surface area contributed by atoms with Gasteiger partial charge in [0.25, 0.3) is 0 Å². The lowest BCUT2D eigenvalue weighted by Gasteiger charge is -2.27. The zero-order valence-electron chi connectivity index (χ0n) is 11.5. The topological polar surface area (TPSA) is 36.9 Å². The summed E-state index contributed by atoms with van der Waals surface area (Å²) in [6.07, 6.45) is 0.0757. The van der Waals surface area contributed by atoms with E-state index in [9.17, 15) is 0 Å². The maximum atomic E-state index is 5.37. The second-order valence-corrected chi connectivity index (χ2v) is 3.99. The average molecular weight is 254 g/mol. The summed E-state index contributed by atoms with van der Waals surface area (Å²) in [6, 6.07) is 10.1. The Hall–Kier alpha value is -0.940. The van der Waals surface area contributed by atoms with Gasteiger partial charge in [-0.15, -0.1) is 0 Å². The van der Waals surface area contributed by atoms with Crippen molar-refractivity contribution in [1.29, 1.82) is 0 Å². The van der Waals surface area contributed by atoms with Crippen molar-refractivity contribution < 1.29 is 18.9 Å². The van der Waals surface area contributed by atoms with Crippen molar-refractivity contribution in [2.24, 2.45) is 0 Å². The van der Waals surface area contributed by atoms with Crippen molar-refractivity contribution >= 4 is 0 Å². The predicted molar refractivity (Wildman–Crippen MR) is 69.4 cm³/mol. The van der Waals surface area contributed by atoms with Gasteiger partial charge in [0.15, 0.2) is 12.6 Å². The monoisotopic (exact) mass is 254 g/mol. The number of benzene rings is 1. The molecule has 1 unspecified atom stereocenters. The van der Waals surface area contributed by atoms with Gasteiger partial charge >= 0.3 is 0 Å². The van der Waals surface area contributed by atoms with E-state index in [-0.39, 0.29) is 18.5 Å². The highest BCUT2D eigenvalue weighted by Crippen LogP contribution is 2.28. The van der Waals surface area contributed by atoms with E-state index in [2.05, 4.69) is 12.1 Å². The molecule has 0 saturated heterocycles. The van der Waals surface area contributed by atoms with E-state index in [1.807, 2.05) is 18.2 Å². The van der Waals surface area contributed by atoms with Gasteiger partial charge in [-0.1, -0.05) is 30.3 Å². The summed E-state index contributed by atoms with van der Waals surface area (Å²) < 4.78 is 21.3. The van der Waals surface area contributed by atoms with Crippen molar-refractivity contribution in [1.82, 2.24) is 0 Å². The molecule has 1 aromatic rings. The third-order valence-electron chi connectivity index (χ3n) is 2.99. The Morgan fingerprint density at radius 3 is 1.83 bits per heavy atom. The highest BCUT2D eigenvalue weighted by molar-refractivity contribution is 5.20. The summed E-state index contributed by atoms with van der Waals surface area (Å²) in [7, 11) is 6.53. The van der Waals surface area contributed by atoms with Gasteiger partial charge in [0.1, 0.15) is 0 Å². The highest BCUT2D eigenvalue weighted by Gasteiger charge is 2.26. The van der Waals surface area contributed by atoms with Gasteiger partial charge in [-0.3, -0.25) is 0 Å². The summed E-state index contributed by atoms with van der Waals surface area (Å²) in [5, 5.41) is 0. The fourth-order valence-corrected chi connectivity index (χ4v) is 2.03. The third kappa shape index (κ3) is 4.07. The number of hydrogen-bond acceptors (Lipinski definition) is 4. The van der Waals surface area contributed by atoms with Crippen LogP contribution in [-0.4, -0.2) is 41.0 Å². The summed E-state index contributed by atoms with van der Waals surface area (Å²) in [6.45, 7) is 0. The average Bonchev–Trinajstić information content (AvgIpc) is 2.44. The highest BCUT2D eigenvalue weighted by atomic mass is 16.7.